The molecule has 1 radical (unpaired) electrons. The van der Waals surface area contributed by atoms with Gasteiger partial charge in [0.25, 0.3) is 0 Å². The van der Waals surface area contributed by atoms with Gasteiger partial charge in [-0.2, -0.15) is 0 Å². The van der Waals surface area contributed by atoms with E-state index >= 15 is 0 Å². The van der Waals surface area contributed by atoms with Gasteiger partial charge in [0.2, 0.25) is 6.29 Å². The fraction of sp³-hybridized carbons (Fsp3) is 0. The Bertz CT molecular complexity index is 197. The standard InChI is InChI=1S/C7H5O2/c8-5-1-3-7-4-2-6-9-7/h1-4,6H. The zero-order valence-corrected chi connectivity index (χ0v) is 4.70. The first kappa shape index (κ1) is 5.82. The smallest absolute Gasteiger partial charge is 0.225 e. The van der Waals surface area contributed by atoms with Crippen LogP contribution in [0.2, 0.25) is 0 Å². The molecule has 1 aromatic heterocycles. The van der Waals surface area contributed by atoms with Crippen molar-refractivity contribution >= 4 is 12.4 Å². The van der Waals surface area contributed by atoms with Crippen molar-refractivity contribution in [2.24, 2.45) is 0 Å². The molecule has 0 amide bonds. The second-order valence-electron chi connectivity index (χ2n) is 1.47. The Hall–Kier alpha value is -1.31. The number of carbonyl (C=O) groups excluding carboxylic acids is 1. The number of furan rings is 1. The summed E-state index contributed by atoms with van der Waals surface area (Å²) < 4.78 is 4.87. The van der Waals surface area contributed by atoms with Crippen molar-refractivity contribution in [1.29, 1.82) is 0 Å². The van der Waals surface area contributed by atoms with Gasteiger partial charge in [0.05, 0.1) is 6.26 Å². The van der Waals surface area contributed by atoms with Crippen LogP contribution >= 0.6 is 0 Å². The van der Waals surface area contributed by atoms with Crippen molar-refractivity contribution in [3.05, 3.63) is 30.2 Å². The molecule has 0 saturated heterocycles. The van der Waals surface area contributed by atoms with E-state index in [-0.39, 0.29) is 0 Å². The first-order chi connectivity index (χ1) is 4.43. The van der Waals surface area contributed by atoms with Crippen molar-refractivity contribution in [2.75, 3.05) is 0 Å². The highest BCUT2D eigenvalue weighted by Crippen LogP contribution is 2.00. The number of hydrogen-bond acceptors (Lipinski definition) is 2. The Morgan fingerprint density at radius 3 is 3.11 bits per heavy atom. The summed E-state index contributed by atoms with van der Waals surface area (Å²) in [6.07, 6.45) is 5.97. The van der Waals surface area contributed by atoms with Gasteiger partial charge in [-0.15, -0.1) is 0 Å². The molecule has 0 unspecified atom stereocenters. The van der Waals surface area contributed by atoms with Gasteiger partial charge in [0, 0.05) is 0 Å². The summed E-state index contributed by atoms with van der Waals surface area (Å²) in [6, 6.07) is 3.51. The minimum absolute atomic E-state index is 0.665. The third-order valence-electron chi connectivity index (χ3n) is 0.859. The van der Waals surface area contributed by atoms with Crippen molar-refractivity contribution in [2.45, 2.75) is 0 Å². The minimum atomic E-state index is 0.665. The Morgan fingerprint density at radius 1 is 1.67 bits per heavy atom. The highest BCUT2D eigenvalue weighted by molar-refractivity contribution is 5.73. The van der Waals surface area contributed by atoms with Crippen LogP contribution in [0, 0.1) is 0 Å². The molecule has 2 heteroatoms. The van der Waals surface area contributed by atoms with E-state index in [9.17, 15) is 4.79 Å². The predicted molar refractivity (Wildman–Crippen MR) is 33.4 cm³/mol. The summed E-state index contributed by atoms with van der Waals surface area (Å²) in [4.78, 5) is 9.65. The van der Waals surface area contributed by atoms with E-state index in [0.29, 0.717) is 5.76 Å². The van der Waals surface area contributed by atoms with Gasteiger partial charge < -0.3 is 4.42 Å². The average Bonchev–Trinajstić information content (AvgIpc) is 2.34. The zero-order chi connectivity index (χ0) is 6.53. The van der Waals surface area contributed by atoms with Crippen molar-refractivity contribution < 1.29 is 9.21 Å². The van der Waals surface area contributed by atoms with E-state index in [1.165, 1.54) is 6.08 Å². The molecule has 45 valence electrons. The van der Waals surface area contributed by atoms with Crippen LogP contribution in [0.25, 0.3) is 6.08 Å². The van der Waals surface area contributed by atoms with Crippen LogP contribution in [0.4, 0.5) is 0 Å². The van der Waals surface area contributed by atoms with Crippen LogP contribution in [-0.2, 0) is 4.79 Å². The van der Waals surface area contributed by atoms with Crippen LogP contribution in [0.1, 0.15) is 5.76 Å². The Morgan fingerprint density at radius 2 is 2.56 bits per heavy atom. The van der Waals surface area contributed by atoms with Crippen LogP contribution in [-0.4, -0.2) is 6.29 Å². The topological polar surface area (TPSA) is 30.2 Å². The first-order valence-electron chi connectivity index (χ1n) is 2.51. The molecule has 0 saturated carbocycles. The maximum absolute atomic E-state index is 9.65. The van der Waals surface area contributed by atoms with Crippen molar-refractivity contribution in [3.8, 4) is 0 Å². The van der Waals surface area contributed by atoms with E-state index in [2.05, 4.69) is 0 Å². The molecule has 0 N–H and O–H groups in total. The largest absolute Gasteiger partial charge is 0.465 e. The summed E-state index contributed by atoms with van der Waals surface area (Å²) in [6.45, 7) is 0. The van der Waals surface area contributed by atoms with Gasteiger partial charge in [0.15, 0.2) is 0 Å². The second kappa shape index (κ2) is 2.87. The molecule has 1 aromatic rings. The van der Waals surface area contributed by atoms with E-state index < -0.39 is 0 Å². The van der Waals surface area contributed by atoms with Gasteiger partial charge in [0.1, 0.15) is 5.76 Å². The molecule has 0 aliphatic rings. The molecule has 2 nitrogen and oxygen atoms in total. The summed E-state index contributed by atoms with van der Waals surface area (Å²) in [5.41, 5.74) is 0. The maximum Gasteiger partial charge on any atom is 0.225 e. The normalized spacial score (nSPS) is 10.2. The van der Waals surface area contributed by atoms with Gasteiger partial charge in [-0.3, -0.25) is 4.79 Å². The summed E-state index contributed by atoms with van der Waals surface area (Å²) >= 11 is 0. The zero-order valence-electron chi connectivity index (χ0n) is 4.70. The molecule has 0 atom stereocenters. The molecule has 1 rings (SSSR count). The van der Waals surface area contributed by atoms with Gasteiger partial charge in [-0.05, 0) is 24.3 Å². The molecule has 1 heterocycles. The fourth-order valence-electron chi connectivity index (χ4n) is 0.502. The maximum atomic E-state index is 9.65. The van der Waals surface area contributed by atoms with Gasteiger partial charge >= 0.3 is 0 Å². The van der Waals surface area contributed by atoms with Gasteiger partial charge in [-0.25, -0.2) is 0 Å². The third-order valence-corrected chi connectivity index (χ3v) is 0.859. The van der Waals surface area contributed by atoms with Gasteiger partial charge in [-0.1, -0.05) is 0 Å². The third kappa shape index (κ3) is 1.57. The lowest BCUT2D eigenvalue weighted by molar-refractivity contribution is 0.555. The number of allylic oxidation sites excluding steroid dienone is 1. The van der Waals surface area contributed by atoms with Crippen molar-refractivity contribution in [3.63, 3.8) is 0 Å². The Kier molecular flexibility index (Phi) is 1.85. The quantitative estimate of drug-likeness (QED) is 0.553. The van der Waals surface area contributed by atoms with Crippen LogP contribution in [0.3, 0.4) is 0 Å². The SMILES string of the molecule is O=[C]C=Cc1ccco1. The lowest BCUT2D eigenvalue weighted by Crippen LogP contribution is -1.60. The highest BCUT2D eigenvalue weighted by atomic mass is 16.3. The van der Waals surface area contributed by atoms with E-state index in [1.807, 2.05) is 0 Å². The van der Waals surface area contributed by atoms with Crippen LogP contribution in [0.5, 0.6) is 0 Å². The lowest BCUT2D eigenvalue weighted by Gasteiger charge is -1.75. The monoisotopic (exact) mass is 121 g/mol. The lowest BCUT2D eigenvalue weighted by atomic mass is 10.4. The average molecular weight is 121 g/mol. The van der Waals surface area contributed by atoms with E-state index in [4.69, 9.17) is 4.42 Å². The Labute approximate surface area is 52.8 Å². The predicted octanol–water partition coefficient (Wildman–Crippen LogP) is 1.40. The molecule has 0 aliphatic heterocycles. The summed E-state index contributed by atoms with van der Waals surface area (Å²) in [7, 11) is 0. The second-order valence-corrected chi connectivity index (χ2v) is 1.47. The number of rotatable bonds is 2. The van der Waals surface area contributed by atoms with Crippen LogP contribution in [0.15, 0.2) is 28.9 Å². The molecule has 0 fully saturated rings. The Balaban J connectivity index is 2.67. The fourth-order valence-corrected chi connectivity index (χ4v) is 0.502. The minimum Gasteiger partial charge on any atom is -0.465 e. The van der Waals surface area contributed by atoms with E-state index in [0.717, 1.165) is 0 Å². The molecular weight excluding hydrogens is 116 g/mol. The van der Waals surface area contributed by atoms with Crippen molar-refractivity contribution in [1.82, 2.24) is 0 Å². The molecule has 0 bridgehead atoms. The van der Waals surface area contributed by atoms with Crippen LogP contribution < -0.4 is 0 Å². The number of hydrogen-bond donors (Lipinski definition) is 0. The highest BCUT2D eigenvalue weighted by Gasteiger charge is 1.83. The molecule has 0 spiro atoms. The first-order valence-corrected chi connectivity index (χ1v) is 2.51. The molecular formula is C7H5O2. The van der Waals surface area contributed by atoms with E-state index in [1.54, 1.807) is 30.8 Å². The molecule has 0 aliphatic carbocycles. The summed E-state index contributed by atoms with van der Waals surface area (Å²) in [5.74, 6) is 0.665. The summed E-state index contributed by atoms with van der Waals surface area (Å²) in [5, 5.41) is 0. The molecule has 0 aromatic carbocycles. The molecule has 9 heavy (non-hydrogen) atoms.